The first kappa shape index (κ1) is 15.7. The standard InChI is InChI=1S/C15H21N3O2S/c1-5-11-14(10(2)20-17-11)15(19)16-9-12(18(3)4)13-7-6-8-21-13/h6-8,12H,5,9H2,1-4H3,(H,16,19). The van der Waals surface area contributed by atoms with Gasteiger partial charge in [-0.1, -0.05) is 18.1 Å². The van der Waals surface area contributed by atoms with Gasteiger partial charge < -0.3 is 14.7 Å². The van der Waals surface area contributed by atoms with Crippen LogP contribution in [-0.2, 0) is 6.42 Å². The number of hydrogen-bond donors (Lipinski definition) is 1. The molecule has 0 saturated heterocycles. The molecular weight excluding hydrogens is 286 g/mol. The molecule has 0 bridgehead atoms. The van der Waals surface area contributed by atoms with Crippen LogP contribution in [0.4, 0.5) is 0 Å². The number of hydrogen-bond acceptors (Lipinski definition) is 5. The molecule has 1 amide bonds. The number of carbonyl (C=O) groups is 1. The van der Waals surface area contributed by atoms with E-state index in [9.17, 15) is 4.79 Å². The van der Waals surface area contributed by atoms with Crippen molar-refractivity contribution in [1.29, 1.82) is 0 Å². The van der Waals surface area contributed by atoms with Gasteiger partial charge in [0, 0.05) is 11.4 Å². The molecule has 2 aromatic heterocycles. The highest BCUT2D eigenvalue weighted by atomic mass is 32.1. The van der Waals surface area contributed by atoms with Crippen LogP contribution in [0.2, 0.25) is 0 Å². The van der Waals surface area contributed by atoms with Gasteiger partial charge in [-0.15, -0.1) is 11.3 Å². The molecule has 0 aliphatic heterocycles. The Morgan fingerprint density at radius 1 is 1.52 bits per heavy atom. The van der Waals surface area contributed by atoms with Gasteiger partial charge in [-0.2, -0.15) is 0 Å². The van der Waals surface area contributed by atoms with E-state index in [0.29, 0.717) is 30.0 Å². The highest BCUT2D eigenvalue weighted by Crippen LogP contribution is 2.22. The summed E-state index contributed by atoms with van der Waals surface area (Å²) in [5, 5.41) is 8.97. The van der Waals surface area contributed by atoms with Crippen LogP contribution in [0.5, 0.6) is 0 Å². The van der Waals surface area contributed by atoms with Crippen molar-refractivity contribution in [2.24, 2.45) is 0 Å². The van der Waals surface area contributed by atoms with E-state index < -0.39 is 0 Å². The summed E-state index contributed by atoms with van der Waals surface area (Å²) in [6.07, 6.45) is 0.683. The van der Waals surface area contributed by atoms with Gasteiger partial charge in [-0.05, 0) is 38.9 Å². The number of aromatic nitrogens is 1. The van der Waals surface area contributed by atoms with E-state index in [2.05, 4.69) is 21.4 Å². The molecule has 1 N–H and O–H groups in total. The smallest absolute Gasteiger partial charge is 0.256 e. The summed E-state index contributed by atoms with van der Waals surface area (Å²) in [5.74, 6) is 0.455. The average Bonchev–Trinajstić information content (AvgIpc) is 3.07. The summed E-state index contributed by atoms with van der Waals surface area (Å²) < 4.78 is 5.11. The molecule has 21 heavy (non-hydrogen) atoms. The summed E-state index contributed by atoms with van der Waals surface area (Å²) in [6.45, 7) is 4.28. The van der Waals surface area contributed by atoms with Gasteiger partial charge in [0.1, 0.15) is 11.3 Å². The Morgan fingerprint density at radius 3 is 2.86 bits per heavy atom. The first-order valence-electron chi connectivity index (χ1n) is 6.97. The zero-order valence-electron chi connectivity index (χ0n) is 12.8. The molecule has 0 fully saturated rings. The van der Waals surface area contributed by atoms with Crippen molar-refractivity contribution in [3.05, 3.63) is 39.4 Å². The first-order valence-corrected chi connectivity index (χ1v) is 7.85. The zero-order valence-corrected chi connectivity index (χ0v) is 13.7. The van der Waals surface area contributed by atoms with Crippen LogP contribution in [0.15, 0.2) is 22.0 Å². The van der Waals surface area contributed by atoms with Crippen LogP contribution < -0.4 is 5.32 Å². The molecule has 2 rings (SSSR count). The molecule has 1 atom stereocenters. The number of thiophene rings is 1. The number of nitrogens with zero attached hydrogens (tertiary/aromatic N) is 2. The zero-order chi connectivity index (χ0) is 15.4. The third-order valence-electron chi connectivity index (χ3n) is 3.45. The summed E-state index contributed by atoms with van der Waals surface area (Å²) >= 11 is 1.70. The lowest BCUT2D eigenvalue weighted by atomic mass is 10.1. The van der Waals surface area contributed by atoms with E-state index in [4.69, 9.17) is 4.52 Å². The highest BCUT2D eigenvalue weighted by Gasteiger charge is 2.21. The van der Waals surface area contributed by atoms with Crippen LogP contribution in [0.25, 0.3) is 0 Å². The van der Waals surface area contributed by atoms with E-state index in [-0.39, 0.29) is 11.9 Å². The van der Waals surface area contributed by atoms with E-state index in [0.717, 1.165) is 0 Å². The summed E-state index contributed by atoms with van der Waals surface area (Å²) in [6, 6.07) is 4.28. The van der Waals surface area contributed by atoms with Gasteiger partial charge in [0.25, 0.3) is 5.91 Å². The number of rotatable bonds is 6. The SMILES string of the molecule is CCc1noc(C)c1C(=O)NCC(c1cccs1)N(C)C. The molecule has 0 aromatic carbocycles. The maximum atomic E-state index is 12.4. The molecule has 0 saturated carbocycles. The van der Waals surface area contributed by atoms with Crippen LogP contribution in [-0.4, -0.2) is 36.6 Å². The Bertz CT molecular complexity index is 590. The second-order valence-electron chi connectivity index (χ2n) is 5.12. The van der Waals surface area contributed by atoms with Gasteiger partial charge in [-0.3, -0.25) is 4.79 Å². The molecule has 0 aliphatic rings. The van der Waals surface area contributed by atoms with Crippen LogP contribution in [0.3, 0.4) is 0 Å². The predicted molar refractivity (Wildman–Crippen MR) is 83.7 cm³/mol. The fraction of sp³-hybridized carbons (Fsp3) is 0.467. The van der Waals surface area contributed by atoms with E-state index in [1.54, 1.807) is 18.3 Å². The van der Waals surface area contributed by atoms with Gasteiger partial charge in [-0.25, -0.2) is 0 Å². The third-order valence-corrected chi connectivity index (χ3v) is 4.42. The number of amides is 1. The second-order valence-corrected chi connectivity index (χ2v) is 6.10. The molecule has 5 nitrogen and oxygen atoms in total. The number of carbonyl (C=O) groups excluding carboxylic acids is 1. The fourth-order valence-electron chi connectivity index (χ4n) is 2.25. The minimum Gasteiger partial charge on any atom is -0.361 e. The van der Waals surface area contributed by atoms with Gasteiger partial charge in [0.2, 0.25) is 0 Å². The van der Waals surface area contributed by atoms with Crippen molar-refractivity contribution in [2.45, 2.75) is 26.3 Å². The van der Waals surface area contributed by atoms with Gasteiger partial charge in [0.05, 0.1) is 11.7 Å². The quantitative estimate of drug-likeness (QED) is 0.891. The normalized spacial score (nSPS) is 12.6. The largest absolute Gasteiger partial charge is 0.361 e. The van der Waals surface area contributed by atoms with E-state index >= 15 is 0 Å². The van der Waals surface area contributed by atoms with Crippen molar-refractivity contribution in [3.63, 3.8) is 0 Å². The molecular formula is C15H21N3O2S. The average molecular weight is 307 g/mol. The molecule has 0 spiro atoms. The monoisotopic (exact) mass is 307 g/mol. The summed E-state index contributed by atoms with van der Waals surface area (Å²) in [4.78, 5) is 15.7. The number of aryl methyl sites for hydroxylation is 2. The predicted octanol–water partition coefficient (Wildman–Crippen LogP) is 2.64. The highest BCUT2D eigenvalue weighted by molar-refractivity contribution is 7.10. The van der Waals surface area contributed by atoms with Crippen LogP contribution >= 0.6 is 11.3 Å². The van der Waals surface area contributed by atoms with Gasteiger partial charge >= 0.3 is 0 Å². The van der Waals surface area contributed by atoms with Crippen molar-refractivity contribution < 1.29 is 9.32 Å². The Kier molecular flexibility index (Phi) is 5.14. The Hall–Kier alpha value is -1.66. The first-order chi connectivity index (χ1) is 10.0. The summed E-state index contributed by atoms with van der Waals surface area (Å²) in [5.41, 5.74) is 1.28. The lowest BCUT2D eigenvalue weighted by molar-refractivity contribution is 0.0940. The number of nitrogens with one attached hydrogen (secondary N) is 1. The Labute approximate surface area is 128 Å². The minimum atomic E-state index is -0.117. The maximum absolute atomic E-state index is 12.4. The van der Waals surface area contributed by atoms with Crippen molar-refractivity contribution in [2.75, 3.05) is 20.6 Å². The molecule has 2 aromatic rings. The Balaban J connectivity index is 2.07. The number of likely N-dealkylation sites (N-methyl/N-ethyl adjacent to an activating group) is 1. The lowest BCUT2D eigenvalue weighted by Gasteiger charge is -2.23. The van der Waals surface area contributed by atoms with Crippen LogP contribution in [0.1, 0.15) is 39.7 Å². The van der Waals surface area contributed by atoms with Crippen LogP contribution in [0, 0.1) is 6.92 Å². The van der Waals surface area contributed by atoms with Crippen molar-refractivity contribution >= 4 is 17.2 Å². The van der Waals surface area contributed by atoms with Crippen molar-refractivity contribution in [1.82, 2.24) is 15.4 Å². The molecule has 1 unspecified atom stereocenters. The third kappa shape index (κ3) is 3.51. The fourth-order valence-corrected chi connectivity index (χ4v) is 3.17. The Morgan fingerprint density at radius 2 is 2.29 bits per heavy atom. The van der Waals surface area contributed by atoms with E-state index in [1.165, 1.54) is 4.88 Å². The van der Waals surface area contributed by atoms with Crippen molar-refractivity contribution in [3.8, 4) is 0 Å². The molecule has 114 valence electrons. The minimum absolute atomic E-state index is 0.117. The van der Waals surface area contributed by atoms with Gasteiger partial charge in [0.15, 0.2) is 0 Å². The molecule has 0 aliphatic carbocycles. The van der Waals surface area contributed by atoms with E-state index in [1.807, 2.05) is 32.5 Å². The summed E-state index contributed by atoms with van der Waals surface area (Å²) in [7, 11) is 4.03. The lowest BCUT2D eigenvalue weighted by Crippen LogP contribution is -2.34. The molecule has 2 heterocycles. The maximum Gasteiger partial charge on any atom is 0.256 e. The second kappa shape index (κ2) is 6.87. The topological polar surface area (TPSA) is 58.4 Å². The molecule has 0 radical (unpaired) electrons. The molecule has 6 heteroatoms.